The van der Waals surface area contributed by atoms with Crippen molar-refractivity contribution in [3.63, 3.8) is 0 Å². The SMILES string of the molecule is Cc1nnc(CN=C(NCCN2CCOCC2)NC2CCCC(C)C2)n1C. The van der Waals surface area contributed by atoms with Gasteiger partial charge in [0.15, 0.2) is 11.8 Å². The van der Waals surface area contributed by atoms with Crippen LogP contribution in [-0.4, -0.2) is 71.1 Å². The van der Waals surface area contributed by atoms with Gasteiger partial charge in [-0.2, -0.15) is 0 Å². The summed E-state index contributed by atoms with van der Waals surface area (Å²) in [6.07, 6.45) is 5.07. The van der Waals surface area contributed by atoms with Crippen molar-refractivity contribution < 1.29 is 4.74 Å². The summed E-state index contributed by atoms with van der Waals surface area (Å²) in [6.45, 7) is 10.4. The Bertz CT molecular complexity index is 609. The maximum absolute atomic E-state index is 5.43. The molecule has 2 atom stereocenters. The molecule has 2 aliphatic rings. The van der Waals surface area contributed by atoms with Gasteiger partial charge in [0.25, 0.3) is 0 Å². The normalized spacial score (nSPS) is 24.8. The van der Waals surface area contributed by atoms with Crippen LogP contribution in [0.5, 0.6) is 0 Å². The lowest BCUT2D eigenvalue weighted by Crippen LogP contribution is -2.48. The molecule has 3 rings (SSSR count). The lowest BCUT2D eigenvalue weighted by Gasteiger charge is -2.30. The van der Waals surface area contributed by atoms with E-state index in [-0.39, 0.29) is 0 Å². The average molecular weight is 378 g/mol. The summed E-state index contributed by atoms with van der Waals surface area (Å²) in [5.41, 5.74) is 0. The zero-order valence-corrected chi connectivity index (χ0v) is 17.1. The van der Waals surface area contributed by atoms with Crippen molar-refractivity contribution in [1.82, 2.24) is 30.3 Å². The summed E-state index contributed by atoms with van der Waals surface area (Å²) in [6, 6.07) is 0.504. The Balaban J connectivity index is 1.56. The van der Waals surface area contributed by atoms with Gasteiger partial charge in [-0.3, -0.25) is 4.90 Å². The van der Waals surface area contributed by atoms with E-state index in [0.29, 0.717) is 12.6 Å². The molecule has 1 aliphatic carbocycles. The van der Waals surface area contributed by atoms with Crippen molar-refractivity contribution in [2.45, 2.75) is 52.1 Å². The number of morpholine rings is 1. The summed E-state index contributed by atoms with van der Waals surface area (Å²) in [7, 11) is 1.99. The number of hydrogen-bond acceptors (Lipinski definition) is 5. The van der Waals surface area contributed by atoms with Gasteiger partial charge in [-0.25, -0.2) is 4.99 Å². The summed E-state index contributed by atoms with van der Waals surface area (Å²) in [5, 5.41) is 15.5. The Hall–Kier alpha value is -1.67. The van der Waals surface area contributed by atoms with Gasteiger partial charge >= 0.3 is 0 Å². The molecule has 1 aromatic heterocycles. The Labute approximate surface area is 162 Å². The molecular weight excluding hydrogens is 342 g/mol. The van der Waals surface area contributed by atoms with E-state index in [1.54, 1.807) is 0 Å². The fourth-order valence-electron chi connectivity index (χ4n) is 3.81. The van der Waals surface area contributed by atoms with E-state index in [4.69, 9.17) is 9.73 Å². The zero-order chi connectivity index (χ0) is 19.1. The number of hydrogen-bond donors (Lipinski definition) is 2. The van der Waals surface area contributed by atoms with Gasteiger partial charge in [-0.1, -0.05) is 19.8 Å². The van der Waals surface area contributed by atoms with Gasteiger partial charge in [-0.05, 0) is 25.7 Å². The third kappa shape index (κ3) is 6.17. The highest BCUT2D eigenvalue weighted by Gasteiger charge is 2.20. The topological polar surface area (TPSA) is 79.6 Å². The zero-order valence-electron chi connectivity index (χ0n) is 17.1. The number of rotatable bonds is 6. The van der Waals surface area contributed by atoms with Crippen molar-refractivity contribution in [2.75, 3.05) is 39.4 Å². The fraction of sp³-hybridized carbons (Fsp3) is 0.842. The van der Waals surface area contributed by atoms with Crippen molar-refractivity contribution in [1.29, 1.82) is 0 Å². The molecule has 2 heterocycles. The molecule has 1 aliphatic heterocycles. The molecule has 1 saturated heterocycles. The van der Waals surface area contributed by atoms with Crippen LogP contribution in [-0.2, 0) is 18.3 Å². The largest absolute Gasteiger partial charge is 0.379 e. The van der Waals surface area contributed by atoms with Gasteiger partial charge in [-0.15, -0.1) is 10.2 Å². The monoisotopic (exact) mass is 377 g/mol. The summed E-state index contributed by atoms with van der Waals surface area (Å²) in [4.78, 5) is 7.23. The number of ether oxygens (including phenoxy) is 1. The first kappa shape index (κ1) is 20.1. The molecule has 0 spiro atoms. The van der Waals surface area contributed by atoms with E-state index in [2.05, 4.69) is 32.7 Å². The van der Waals surface area contributed by atoms with Crippen LogP contribution in [0.1, 0.15) is 44.3 Å². The second-order valence-electron chi connectivity index (χ2n) is 7.88. The average Bonchev–Trinajstić information content (AvgIpc) is 2.99. The Kier molecular flexibility index (Phi) is 7.46. The minimum absolute atomic E-state index is 0.504. The van der Waals surface area contributed by atoms with E-state index >= 15 is 0 Å². The molecular formula is C19H35N7O. The maximum Gasteiger partial charge on any atom is 0.191 e. The Morgan fingerprint density at radius 3 is 2.78 bits per heavy atom. The molecule has 8 nitrogen and oxygen atoms in total. The van der Waals surface area contributed by atoms with E-state index in [9.17, 15) is 0 Å². The second-order valence-corrected chi connectivity index (χ2v) is 7.88. The van der Waals surface area contributed by atoms with Crippen LogP contribution in [0.15, 0.2) is 4.99 Å². The molecule has 8 heteroatoms. The van der Waals surface area contributed by atoms with Gasteiger partial charge in [0, 0.05) is 39.3 Å². The first-order valence-corrected chi connectivity index (χ1v) is 10.3. The number of nitrogens with one attached hydrogen (secondary N) is 2. The predicted molar refractivity (Wildman–Crippen MR) is 107 cm³/mol. The van der Waals surface area contributed by atoms with Gasteiger partial charge in [0.1, 0.15) is 12.4 Å². The van der Waals surface area contributed by atoms with Crippen LogP contribution >= 0.6 is 0 Å². The van der Waals surface area contributed by atoms with E-state index in [1.807, 2.05) is 18.5 Å². The Morgan fingerprint density at radius 1 is 1.26 bits per heavy atom. The molecule has 2 N–H and O–H groups in total. The molecule has 0 aromatic carbocycles. The molecule has 1 saturated carbocycles. The van der Waals surface area contributed by atoms with Crippen molar-refractivity contribution in [2.24, 2.45) is 18.0 Å². The maximum atomic E-state index is 5.43. The highest BCUT2D eigenvalue weighted by Crippen LogP contribution is 2.23. The number of aryl methyl sites for hydroxylation is 1. The van der Waals surface area contributed by atoms with Crippen LogP contribution in [0.2, 0.25) is 0 Å². The third-order valence-electron chi connectivity index (χ3n) is 5.66. The van der Waals surface area contributed by atoms with Crippen LogP contribution in [0, 0.1) is 12.8 Å². The van der Waals surface area contributed by atoms with Crippen LogP contribution < -0.4 is 10.6 Å². The number of guanidine groups is 1. The van der Waals surface area contributed by atoms with Crippen molar-refractivity contribution in [3.8, 4) is 0 Å². The molecule has 152 valence electrons. The predicted octanol–water partition coefficient (Wildman–Crippen LogP) is 1.07. The number of aliphatic imine (C=N–C) groups is 1. The van der Waals surface area contributed by atoms with E-state index in [1.165, 1.54) is 25.7 Å². The summed E-state index contributed by atoms with van der Waals surface area (Å²) in [5.74, 6) is 3.48. The quantitative estimate of drug-likeness (QED) is 0.570. The molecule has 27 heavy (non-hydrogen) atoms. The molecule has 2 fully saturated rings. The summed E-state index contributed by atoms with van der Waals surface area (Å²) < 4.78 is 7.42. The molecule has 0 bridgehead atoms. The Morgan fingerprint density at radius 2 is 2.07 bits per heavy atom. The summed E-state index contributed by atoms with van der Waals surface area (Å²) >= 11 is 0. The van der Waals surface area contributed by atoms with E-state index in [0.717, 1.165) is 62.9 Å². The molecule has 0 radical (unpaired) electrons. The standard InChI is InChI=1S/C19H35N7O/c1-15-5-4-6-17(13-15)22-19(20-7-8-26-9-11-27-12-10-26)21-14-18-24-23-16(2)25(18)3/h15,17H,4-14H2,1-3H3,(H2,20,21,22). The molecule has 2 unspecified atom stereocenters. The molecule has 1 aromatic rings. The second kappa shape index (κ2) is 10.0. The van der Waals surface area contributed by atoms with Gasteiger partial charge in [0.2, 0.25) is 0 Å². The lowest BCUT2D eigenvalue weighted by molar-refractivity contribution is 0.0389. The lowest BCUT2D eigenvalue weighted by atomic mass is 9.87. The first-order chi connectivity index (χ1) is 13.1. The smallest absolute Gasteiger partial charge is 0.191 e. The number of aromatic nitrogens is 3. The fourth-order valence-corrected chi connectivity index (χ4v) is 3.81. The molecule has 0 amide bonds. The van der Waals surface area contributed by atoms with Crippen molar-refractivity contribution in [3.05, 3.63) is 11.6 Å². The highest BCUT2D eigenvalue weighted by molar-refractivity contribution is 5.80. The van der Waals surface area contributed by atoms with Gasteiger partial charge in [0.05, 0.1) is 13.2 Å². The van der Waals surface area contributed by atoms with Crippen LogP contribution in [0.25, 0.3) is 0 Å². The van der Waals surface area contributed by atoms with Crippen molar-refractivity contribution >= 4 is 5.96 Å². The van der Waals surface area contributed by atoms with E-state index < -0.39 is 0 Å². The number of nitrogens with zero attached hydrogens (tertiary/aromatic N) is 5. The highest BCUT2D eigenvalue weighted by atomic mass is 16.5. The third-order valence-corrected chi connectivity index (χ3v) is 5.66. The van der Waals surface area contributed by atoms with Crippen LogP contribution in [0.3, 0.4) is 0 Å². The minimum atomic E-state index is 0.504. The minimum Gasteiger partial charge on any atom is -0.379 e. The van der Waals surface area contributed by atoms with Gasteiger partial charge < -0.3 is 19.9 Å². The first-order valence-electron chi connectivity index (χ1n) is 10.3. The van der Waals surface area contributed by atoms with Crippen LogP contribution in [0.4, 0.5) is 0 Å².